The molecule has 0 aromatic heterocycles. The molecule has 6 rings (SSSR count). The van der Waals surface area contributed by atoms with Crippen LogP contribution in [0.4, 0.5) is 0 Å². The normalized spacial score (nSPS) is 44.3. The largest absolute Gasteiger partial charge is 0.353 e. The molecule has 0 unspecified atom stereocenters. The molecule has 5 nitrogen and oxygen atoms in total. The van der Waals surface area contributed by atoms with Crippen LogP contribution >= 0.6 is 0 Å². The van der Waals surface area contributed by atoms with Gasteiger partial charge in [0.1, 0.15) is 6.07 Å². The SMILES string of the molecule is CC1(C)CC[C@]2(C(=O)NC3CCCCC3)CC[C@]3(C)[C@H](C(=O)C=C4[C@@]5(C)C=C(C#N)C(=O)C(C)(C)[C@@H]5CC[C@]43C)[C@@H]2C1. The predicted octanol–water partition coefficient (Wildman–Crippen LogP) is 7.65. The Balaban J connectivity index is 1.45. The number of ketones is 2. The molecule has 0 bridgehead atoms. The van der Waals surface area contributed by atoms with Crippen LogP contribution in [-0.2, 0) is 14.4 Å². The van der Waals surface area contributed by atoms with Crippen molar-refractivity contribution in [3.8, 4) is 6.07 Å². The summed E-state index contributed by atoms with van der Waals surface area (Å²) in [6.07, 6.45) is 15.9. The first-order valence-corrected chi connectivity index (χ1v) is 16.8. The topological polar surface area (TPSA) is 87.0 Å². The van der Waals surface area contributed by atoms with Crippen LogP contribution in [0.1, 0.15) is 126 Å². The summed E-state index contributed by atoms with van der Waals surface area (Å²) < 4.78 is 0. The van der Waals surface area contributed by atoms with E-state index in [1.807, 2.05) is 26.0 Å². The summed E-state index contributed by atoms with van der Waals surface area (Å²) >= 11 is 0. The van der Waals surface area contributed by atoms with Crippen molar-refractivity contribution in [2.75, 3.05) is 0 Å². The minimum Gasteiger partial charge on any atom is -0.353 e. The Morgan fingerprint density at radius 2 is 1.57 bits per heavy atom. The van der Waals surface area contributed by atoms with Gasteiger partial charge in [0.2, 0.25) is 5.91 Å². The van der Waals surface area contributed by atoms with E-state index in [1.54, 1.807) is 0 Å². The standard InChI is InChI=1S/C37H52N2O3/c1-32(2)15-17-37(31(42)39-24-11-9-8-10-12-24)18-16-36(7)29(25(37)21-32)26(40)19-28-34(5)20-23(22-38)30(41)33(3,4)27(34)13-14-35(28,36)6/h19-20,24-25,27,29H,8-18,21H2,1-7H3,(H,39,42)/t25-,27-,29-,34-,35+,36+,37-/m0/s1. The molecule has 5 heteroatoms. The van der Waals surface area contributed by atoms with Gasteiger partial charge in [-0.25, -0.2) is 0 Å². The lowest BCUT2D eigenvalue weighted by atomic mass is 9.34. The fraction of sp³-hybridized carbons (Fsp3) is 0.784. The van der Waals surface area contributed by atoms with Crippen LogP contribution in [0.25, 0.3) is 0 Å². The Kier molecular flexibility index (Phi) is 6.67. The zero-order valence-electron chi connectivity index (χ0n) is 27.1. The molecule has 0 radical (unpaired) electrons. The third kappa shape index (κ3) is 3.88. The molecule has 0 aromatic carbocycles. The number of fused-ring (bicyclic) bond motifs is 7. The van der Waals surface area contributed by atoms with Crippen molar-refractivity contribution in [1.82, 2.24) is 5.32 Å². The molecule has 4 fully saturated rings. The van der Waals surface area contributed by atoms with Crippen LogP contribution < -0.4 is 5.32 Å². The van der Waals surface area contributed by atoms with Crippen molar-refractivity contribution in [1.29, 1.82) is 5.26 Å². The van der Waals surface area contributed by atoms with E-state index in [4.69, 9.17) is 0 Å². The monoisotopic (exact) mass is 572 g/mol. The summed E-state index contributed by atoms with van der Waals surface area (Å²) in [6, 6.07) is 2.47. The van der Waals surface area contributed by atoms with Crippen molar-refractivity contribution < 1.29 is 14.4 Å². The molecule has 1 amide bonds. The number of hydrogen-bond acceptors (Lipinski definition) is 4. The Bertz CT molecular complexity index is 1320. The van der Waals surface area contributed by atoms with E-state index in [1.165, 1.54) is 19.3 Å². The van der Waals surface area contributed by atoms with Gasteiger partial charge < -0.3 is 5.32 Å². The van der Waals surface area contributed by atoms with Crippen LogP contribution in [0.15, 0.2) is 23.3 Å². The molecule has 4 saturated carbocycles. The van der Waals surface area contributed by atoms with E-state index in [9.17, 15) is 19.6 Å². The number of rotatable bonds is 2. The summed E-state index contributed by atoms with van der Waals surface area (Å²) in [6.45, 7) is 15.5. The van der Waals surface area contributed by atoms with E-state index < -0.39 is 16.2 Å². The fourth-order valence-corrected chi connectivity index (χ4v) is 11.6. The molecule has 42 heavy (non-hydrogen) atoms. The molecule has 228 valence electrons. The number of hydrogen-bond donors (Lipinski definition) is 1. The summed E-state index contributed by atoms with van der Waals surface area (Å²) in [5, 5.41) is 13.5. The number of amides is 1. The second-order valence-corrected chi connectivity index (χ2v) is 17.2. The van der Waals surface area contributed by atoms with E-state index in [-0.39, 0.29) is 63.1 Å². The maximum absolute atomic E-state index is 14.7. The number of carbonyl (C=O) groups excluding carboxylic acids is 3. The highest BCUT2D eigenvalue weighted by Gasteiger charge is 2.70. The minimum atomic E-state index is -0.663. The van der Waals surface area contributed by atoms with Crippen LogP contribution in [0.2, 0.25) is 0 Å². The predicted molar refractivity (Wildman–Crippen MR) is 164 cm³/mol. The van der Waals surface area contributed by atoms with Crippen molar-refractivity contribution >= 4 is 17.5 Å². The molecule has 1 N–H and O–H groups in total. The zero-order valence-corrected chi connectivity index (χ0v) is 27.1. The molecule has 0 aromatic rings. The first-order chi connectivity index (χ1) is 19.6. The van der Waals surface area contributed by atoms with Crippen molar-refractivity contribution in [3.05, 3.63) is 23.3 Å². The Morgan fingerprint density at radius 1 is 0.905 bits per heavy atom. The van der Waals surface area contributed by atoms with Gasteiger partial charge in [-0.05, 0) is 91.9 Å². The van der Waals surface area contributed by atoms with Gasteiger partial charge in [0.25, 0.3) is 0 Å². The molecule has 7 atom stereocenters. The second-order valence-electron chi connectivity index (χ2n) is 17.2. The van der Waals surface area contributed by atoms with E-state index >= 15 is 0 Å². The second kappa shape index (κ2) is 9.39. The minimum absolute atomic E-state index is 0.0193. The van der Waals surface area contributed by atoms with Gasteiger partial charge in [-0.1, -0.05) is 79.4 Å². The van der Waals surface area contributed by atoms with Gasteiger partial charge in [-0.3, -0.25) is 14.4 Å². The molecular weight excluding hydrogens is 520 g/mol. The molecule has 6 aliphatic carbocycles. The zero-order chi connectivity index (χ0) is 30.5. The number of nitrogens with one attached hydrogen (secondary N) is 1. The lowest BCUT2D eigenvalue weighted by molar-refractivity contribution is -0.178. The summed E-state index contributed by atoms with van der Waals surface area (Å²) in [5.74, 6) is 0.179. The fourth-order valence-electron chi connectivity index (χ4n) is 11.6. The third-order valence-electron chi connectivity index (χ3n) is 14.3. The molecular formula is C37H52N2O3. The average Bonchev–Trinajstić information content (AvgIpc) is 2.92. The van der Waals surface area contributed by atoms with E-state index in [0.29, 0.717) is 0 Å². The summed E-state index contributed by atoms with van der Waals surface area (Å²) in [4.78, 5) is 42.4. The molecule has 0 aliphatic heterocycles. The molecule has 6 aliphatic rings. The van der Waals surface area contributed by atoms with Gasteiger partial charge in [0.05, 0.1) is 11.0 Å². The van der Waals surface area contributed by atoms with Gasteiger partial charge in [-0.2, -0.15) is 5.26 Å². The highest BCUT2D eigenvalue weighted by Crippen LogP contribution is 2.74. The van der Waals surface area contributed by atoms with Crippen LogP contribution in [0, 0.1) is 61.6 Å². The first-order valence-electron chi connectivity index (χ1n) is 16.8. The Morgan fingerprint density at radius 3 is 2.24 bits per heavy atom. The van der Waals surface area contributed by atoms with Gasteiger partial charge >= 0.3 is 0 Å². The van der Waals surface area contributed by atoms with Crippen LogP contribution in [0.3, 0.4) is 0 Å². The summed E-state index contributed by atoms with van der Waals surface area (Å²) in [7, 11) is 0. The first kappa shape index (κ1) is 29.8. The van der Waals surface area contributed by atoms with Gasteiger partial charge in [-0.15, -0.1) is 0 Å². The third-order valence-corrected chi connectivity index (χ3v) is 14.3. The van der Waals surface area contributed by atoms with E-state index in [2.05, 4.69) is 46.0 Å². The number of nitrogens with zero attached hydrogens (tertiary/aromatic N) is 1. The average molecular weight is 573 g/mol. The summed E-state index contributed by atoms with van der Waals surface area (Å²) in [5.41, 5.74) is -0.772. The molecule has 0 saturated heterocycles. The molecule has 0 spiro atoms. The number of carbonyl (C=O) groups is 3. The van der Waals surface area contributed by atoms with Gasteiger partial charge in [0.15, 0.2) is 11.6 Å². The lowest BCUT2D eigenvalue weighted by Gasteiger charge is -2.69. The quantitative estimate of drug-likeness (QED) is 0.368. The van der Waals surface area contributed by atoms with Crippen molar-refractivity contribution in [2.24, 2.45) is 50.2 Å². The molecule has 0 heterocycles. The maximum atomic E-state index is 14.7. The maximum Gasteiger partial charge on any atom is 0.226 e. The number of nitriles is 1. The lowest BCUT2D eigenvalue weighted by Crippen LogP contribution is -2.67. The Hall–Kier alpha value is -2.22. The van der Waals surface area contributed by atoms with Gasteiger partial charge in [0, 0.05) is 22.8 Å². The smallest absolute Gasteiger partial charge is 0.226 e. The highest BCUT2D eigenvalue weighted by atomic mass is 16.2. The van der Waals surface area contributed by atoms with E-state index in [0.717, 1.165) is 63.4 Å². The number of Topliss-reactive ketones (excluding diaryl/α,β-unsaturated/α-hetero) is 1. The number of allylic oxidation sites excluding steroid dienone is 4. The van der Waals surface area contributed by atoms with Crippen molar-refractivity contribution in [2.45, 2.75) is 132 Å². The Labute approximate surface area is 253 Å². The van der Waals surface area contributed by atoms with Crippen LogP contribution in [-0.4, -0.2) is 23.5 Å². The van der Waals surface area contributed by atoms with Crippen LogP contribution in [0.5, 0.6) is 0 Å². The van der Waals surface area contributed by atoms with Crippen molar-refractivity contribution in [3.63, 3.8) is 0 Å². The highest BCUT2D eigenvalue weighted by molar-refractivity contribution is 6.04.